The molecule has 5 rings (SSSR count). The highest BCUT2D eigenvalue weighted by molar-refractivity contribution is 6.30. The van der Waals surface area contributed by atoms with Gasteiger partial charge in [-0.05, 0) is 73.7 Å². The molecule has 0 unspecified atom stereocenters. The molecule has 168 valence electrons. The van der Waals surface area contributed by atoms with Crippen LogP contribution in [0, 0.1) is 0 Å². The van der Waals surface area contributed by atoms with Gasteiger partial charge < -0.3 is 15.8 Å². The number of nitrogens with two attached hydrogens (primary N) is 1. The summed E-state index contributed by atoms with van der Waals surface area (Å²) in [4.78, 5) is 17.4. The summed E-state index contributed by atoms with van der Waals surface area (Å²) in [6.45, 7) is 0. The van der Waals surface area contributed by atoms with Crippen molar-refractivity contribution in [3.05, 3.63) is 77.7 Å². The molecular formula is C25H24ClN5O2. The number of benzene rings is 2. The van der Waals surface area contributed by atoms with Gasteiger partial charge in [-0.25, -0.2) is 9.50 Å². The fourth-order valence-electron chi connectivity index (χ4n) is 4.07. The third kappa shape index (κ3) is 4.84. The number of aromatic nitrogens is 3. The highest BCUT2D eigenvalue weighted by Crippen LogP contribution is 2.27. The van der Waals surface area contributed by atoms with E-state index >= 15 is 0 Å². The van der Waals surface area contributed by atoms with E-state index in [1.54, 1.807) is 23.0 Å². The Balaban J connectivity index is 1.29. The van der Waals surface area contributed by atoms with Crippen LogP contribution in [0.4, 0.5) is 5.69 Å². The molecule has 1 aliphatic carbocycles. The molecule has 2 aromatic carbocycles. The molecule has 1 aliphatic rings. The Hall–Kier alpha value is -3.42. The smallest absolute Gasteiger partial charge is 0.274 e. The Bertz CT molecular complexity index is 1280. The number of hydrogen-bond donors (Lipinski definition) is 2. The second-order valence-electron chi connectivity index (χ2n) is 8.28. The number of nitrogens with zero attached hydrogens (tertiary/aromatic N) is 3. The minimum atomic E-state index is -0.300. The van der Waals surface area contributed by atoms with Crippen molar-refractivity contribution in [2.24, 2.45) is 5.73 Å². The summed E-state index contributed by atoms with van der Waals surface area (Å²) in [6.07, 6.45) is 7.57. The van der Waals surface area contributed by atoms with Crippen molar-refractivity contribution >= 4 is 28.8 Å². The molecule has 1 fully saturated rings. The Labute approximate surface area is 196 Å². The van der Waals surface area contributed by atoms with Gasteiger partial charge in [0.05, 0.1) is 12.3 Å². The molecule has 8 heteroatoms. The number of ether oxygens (including phenoxy) is 1. The lowest BCUT2D eigenvalue weighted by atomic mass is 9.94. The van der Waals surface area contributed by atoms with Gasteiger partial charge in [0.15, 0.2) is 5.65 Å². The number of carbonyl (C=O) groups is 1. The van der Waals surface area contributed by atoms with Crippen molar-refractivity contribution in [2.45, 2.75) is 37.8 Å². The highest BCUT2D eigenvalue weighted by atomic mass is 35.5. The quantitative estimate of drug-likeness (QED) is 0.438. The van der Waals surface area contributed by atoms with Gasteiger partial charge in [0.2, 0.25) is 0 Å². The molecule has 0 atom stereocenters. The number of nitrogens with one attached hydrogen (secondary N) is 1. The van der Waals surface area contributed by atoms with E-state index in [0.717, 1.165) is 42.6 Å². The van der Waals surface area contributed by atoms with Gasteiger partial charge in [-0.1, -0.05) is 23.7 Å². The topological polar surface area (TPSA) is 94.5 Å². The second-order valence-corrected chi connectivity index (χ2v) is 8.72. The molecule has 0 spiro atoms. The summed E-state index contributed by atoms with van der Waals surface area (Å²) in [5.41, 5.74) is 9.20. The van der Waals surface area contributed by atoms with Gasteiger partial charge in [-0.3, -0.25) is 4.79 Å². The number of rotatable bonds is 5. The van der Waals surface area contributed by atoms with Crippen LogP contribution in [-0.4, -0.2) is 32.7 Å². The van der Waals surface area contributed by atoms with Crippen molar-refractivity contribution < 1.29 is 9.53 Å². The first-order valence-corrected chi connectivity index (χ1v) is 11.4. The van der Waals surface area contributed by atoms with E-state index in [1.807, 2.05) is 48.5 Å². The van der Waals surface area contributed by atoms with Crippen molar-refractivity contribution in [1.82, 2.24) is 14.6 Å². The van der Waals surface area contributed by atoms with Crippen LogP contribution in [-0.2, 0) is 0 Å². The Morgan fingerprint density at radius 1 is 1.09 bits per heavy atom. The summed E-state index contributed by atoms with van der Waals surface area (Å²) >= 11 is 6.13. The third-order valence-corrected chi connectivity index (χ3v) is 6.11. The molecule has 0 aliphatic heterocycles. The maximum atomic E-state index is 12.8. The number of amides is 1. The van der Waals surface area contributed by atoms with Crippen LogP contribution >= 0.6 is 11.6 Å². The number of hydrogen-bond acceptors (Lipinski definition) is 5. The monoisotopic (exact) mass is 461 g/mol. The predicted octanol–water partition coefficient (Wildman–Crippen LogP) is 4.95. The van der Waals surface area contributed by atoms with E-state index in [1.165, 1.54) is 0 Å². The van der Waals surface area contributed by atoms with E-state index in [-0.39, 0.29) is 12.0 Å². The average Bonchev–Trinajstić information content (AvgIpc) is 3.25. The van der Waals surface area contributed by atoms with Crippen LogP contribution in [0.3, 0.4) is 0 Å². The Morgan fingerprint density at radius 3 is 2.64 bits per heavy atom. The van der Waals surface area contributed by atoms with Crippen molar-refractivity contribution in [3.8, 4) is 16.9 Å². The molecule has 0 saturated heterocycles. The number of halogens is 1. The fraction of sp³-hybridized carbons (Fsp3) is 0.240. The molecule has 3 N–H and O–H groups in total. The van der Waals surface area contributed by atoms with Crippen LogP contribution in [0.5, 0.6) is 5.75 Å². The van der Waals surface area contributed by atoms with Crippen LogP contribution in [0.2, 0.25) is 5.02 Å². The highest BCUT2D eigenvalue weighted by Gasteiger charge is 2.20. The molecule has 2 heterocycles. The lowest BCUT2D eigenvalue weighted by molar-refractivity contribution is 0.102. The van der Waals surface area contributed by atoms with Crippen LogP contribution in [0.25, 0.3) is 16.8 Å². The van der Waals surface area contributed by atoms with Crippen molar-refractivity contribution in [2.75, 3.05) is 5.32 Å². The molecule has 4 aromatic rings. The zero-order valence-electron chi connectivity index (χ0n) is 17.9. The van der Waals surface area contributed by atoms with E-state index in [0.29, 0.717) is 28.1 Å². The largest absolute Gasteiger partial charge is 0.490 e. The van der Waals surface area contributed by atoms with Crippen LogP contribution < -0.4 is 15.8 Å². The zero-order valence-corrected chi connectivity index (χ0v) is 18.7. The summed E-state index contributed by atoms with van der Waals surface area (Å²) in [6, 6.07) is 16.8. The Morgan fingerprint density at radius 2 is 1.88 bits per heavy atom. The van der Waals surface area contributed by atoms with Crippen molar-refractivity contribution in [3.63, 3.8) is 0 Å². The van der Waals surface area contributed by atoms with Crippen molar-refractivity contribution in [1.29, 1.82) is 0 Å². The predicted molar refractivity (Wildman–Crippen MR) is 129 cm³/mol. The molecule has 1 saturated carbocycles. The lowest BCUT2D eigenvalue weighted by Gasteiger charge is -2.26. The lowest BCUT2D eigenvalue weighted by Crippen LogP contribution is -2.31. The summed E-state index contributed by atoms with van der Waals surface area (Å²) in [5.74, 6) is 0.490. The molecule has 0 bridgehead atoms. The number of carbonyl (C=O) groups excluding carboxylic acids is 1. The van der Waals surface area contributed by atoms with Crippen LogP contribution in [0.15, 0.2) is 67.0 Å². The summed E-state index contributed by atoms with van der Waals surface area (Å²) < 4.78 is 7.69. The van der Waals surface area contributed by atoms with Gasteiger partial charge in [0.25, 0.3) is 5.91 Å². The third-order valence-electron chi connectivity index (χ3n) is 5.87. The van der Waals surface area contributed by atoms with Gasteiger partial charge >= 0.3 is 0 Å². The van der Waals surface area contributed by atoms with E-state index in [2.05, 4.69) is 15.4 Å². The van der Waals surface area contributed by atoms with Gasteiger partial charge in [0.1, 0.15) is 11.4 Å². The van der Waals surface area contributed by atoms with E-state index < -0.39 is 0 Å². The first kappa shape index (κ1) is 21.4. The summed E-state index contributed by atoms with van der Waals surface area (Å²) in [5, 5.41) is 7.85. The van der Waals surface area contributed by atoms with E-state index in [9.17, 15) is 4.79 Å². The van der Waals surface area contributed by atoms with E-state index in [4.69, 9.17) is 22.1 Å². The first-order valence-electron chi connectivity index (χ1n) is 11.0. The SMILES string of the molecule is N[C@H]1CC[C@@H](Oc2ccc(NC(=O)c3ccn4ncc(-c5cccc(Cl)c5)c4n3)cc2)CC1. The van der Waals surface area contributed by atoms with Gasteiger partial charge in [-0.2, -0.15) is 5.10 Å². The first-order chi connectivity index (χ1) is 16.0. The molecular weight excluding hydrogens is 438 g/mol. The summed E-state index contributed by atoms with van der Waals surface area (Å²) in [7, 11) is 0. The minimum absolute atomic E-state index is 0.200. The fourth-order valence-corrected chi connectivity index (χ4v) is 4.26. The maximum absolute atomic E-state index is 12.8. The molecule has 1 amide bonds. The van der Waals surface area contributed by atoms with Gasteiger partial charge in [-0.15, -0.1) is 0 Å². The van der Waals surface area contributed by atoms with Crippen LogP contribution in [0.1, 0.15) is 36.2 Å². The average molecular weight is 462 g/mol. The number of anilines is 1. The molecule has 33 heavy (non-hydrogen) atoms. The second kappa shape index (κ2) is 9.21. The zero-order chi connectivity index (χ0) is 22.8. The normalized spacial score (nSPS) is 18.2. The minimum Gasteiger partial charge on any atom is -0.490 e. The maximum Gasteiger partial charge on any atom is 0.274 e. The Kier molecular flexibility index (Phi) is 5.98. The van der Waals surface area contributed by atoms with Gasteiger partial charge in [0, 0.05) is 28.5 Å². The molecule has 0 radical (unpaired) electrons. The standard InChI is InChI=1S/C25H24ClN5O2/c26-17-3-1-2-16(14-17)22-15-28-31-13-12-23(30-24(22)31)25(32)29-19-6-10-21(11-7-19)33-20-8-4-18(27)5-9-20/h1-3,6-7,10-15,18,20H,4-5,8-9,27H2,(H,29,32)/t18-,20+. The molecule has 7 nitrogen and oxygen atoms in total. The number of fused-ring (bicyclic) bond motifs is 1. The molecule has 2 aromatic heterocycles.